The van der Waals surface area contributed by atoms with E-state index in [1.165, 1.54) is 12.1 Å². The van der Waals surface area contributed by atoms with Crippen molar-refractivity contribution < 1.29 is 14.3 Å². The molecule has 1 N–H and O–H groups in total. The van der Waals surface area contributed by atoms with Gasteiger partial charge in [-0.3, -0.25) is 0 Å². The maximum absolute atomic E-state index is 13.0. The summed E-state index contributed by atoms with van der Waals surface area (Å²) >= 11 is 0. The quantitative estimate of drug-likeness (QED) is 0.879. The highest BCUT2D eigenvalue weighted by molar-refractivity contribution is 5.89. The summed E-state index contributed by atoms with van der Waals surface area (Å²) < 4.78 is 13.0. The van der Waals surface area contributed by atoms with Crippen LogP contribution in [0, 0.1) is 5.82 Å². The van der Waals surface area contributed by atoms with E-state index >= 15 is 0 Å². The molecule has 0 saturated heterocycles. The summed E-state index contributed by atoms with van der Waals surface area (Å²) in [6, 6.07) is 13.4. The second-order valence-corrected chi connectivity index (χ2v) is 3.77. The number of hydrogen-bond donors (Lipinski definition) is 1. The van der Waals surface area contributed by atoms with E-state index in [0.29, 0.717) is 12.0 Å². The first kappa shape index (κ1) is 11.3. The second-order valence-electron chi connectivity index (χ2n) is 3.77. The minimum Gasteiger partial charge on any atom is -0.478 e. The Bertz CT molecular complexity index is 535. The van der Waals surface area contributed by atoms with E-state index in [1.54, 1.807) is 0 Å². The van der Waals surface area contributed by atoms with Crippen LogP contribution in [0.4, 0.5) is 4.39 Å². The fourth-order valence-corrected chi connectivity index (χ4v) is 1.72. The predicted octanol–water partition coefficient (Wildman–Crippen LogP) is 3.11. The maximum atomic E-state index is 13.0. The normalized spacial score (nSPS) is 10.2. The number of hydrogen-bond acceptors (Lipinski definition) is 1. The molecule has 0 aliphatic carbocycles. The van der Waals surface area contributed by atoms with Crippen molar-refractivity contribution >= 4 is 5.97 Å². The largest absolute Gasteiger partial charge is 0.478 e. The van der Waals surface area contributed by atoms with Crippen molar-refractivity contribution in [1.29, 1.82) is 0 Å². The molecule has 2 rings (SSSR count). The van der Waals surface area contributed by atoms with Crippen LogP contribution in [0.2, 0.25) is 0 Å². The first-order valence-electron chi connectivity index (χ1n) is 5.22. The van der Waals surface area contributed by atoms with E-state index in [1.807, 2.05) is 30.3 Å². The molecular formula is C14H11FO2. The Labute approximate surface area is 98.3 Å². The monoisotopic (exact) mass is 230 g/mol. The Morgan fingerprint density at radius 3 is 2.47 bits per heavy atom. The van der Waals surface area contributed by atoms with Gasteiger partial charge < -0.3 is 5.11 Å². The number of carboxylic acids is 1. The predicted molar refractivity (Wildman–Crippen MR) is 62.6 cm³/mol. The van der Waals surface area contributed by atoms with Crippen LogP contribution in [-0.2, 0) is 6.42 Å². The lowest BCUT2D eigenvalue weighted by Crippen LogP contribution is -2.03. The minimum absolute atomic E-state index is 0.0221. The van der Waals surface area contributed by atoms with Gasteiger partial charge in [0.1, 0.15) is 5.82 Å². The van der Waals surface area contributed by atoms with Crippen LogP contribution in [-0.4, -0.2) is 11.1 Å². The van der Waals surface area contributed by atoms with Gasteiger partial charge in [0.05, 0.1) is 5.56 Å². The Hall–Kier alpha value is -2.16. The van der Waals surface area contributed by atoms with Crippen molar-refractivity contribution in [2.24, 2.45) is 0 Å². The molecule has 0 bridgehead atoms. The van der Waals surface area contributed by atoms with Crippen LogP contribution in [0.1, 0.15) is 21.5 Å². The van der Waals surface area contributed by atoms with Crippen molar-refractivity contribution in [2.75, 3.05) is 0 Å². The summed E-state index contributed by atoms with van der Waals surface area (Å²) in [6.45, 7) is 0. The third kappa shape index (κ3) is 2.69. The Balaban J connectivity index is 2.36. The van der Waals surface area contributed by atoms with Crippen molar-refractivity contribution in [2.45, 2.75) is 6.42 Å². The number of aromatic carboxylic acids is 1. The van der Waals surface area contributed by atoms with Gasteiger partial charge in [0.2, 0.25) is 0 Å². The lowest BCUT2D eigenvalue weighted by atomic mass is 10.00. The molecule has 2 aromatic carbocycles. The summed E-state index contributed by atoms with van der Waals surface area (Å²) in [7, 11) is 0. The van der Waals surface area contributed by atoms with Crippen molar-refractivity contribution in [3.05, 3.63) is 71.0 Å². The van der Waals surface area contributed by atoms with Crippen molar-refractivity contribution in [1.82, 2.24) is 0 Å². The molecular weight excluding hydrogens is 219 g/mol. The van der Waals surface area contributed by atoms with Crippen LogP contribution in [0.15, 0.2) is 48.5 Å². The van der Waals surface area contributed by atoms with Gasteiger partial charge in [-0.25, -0.2) is 9.18 Å². The molecule has 0 spiro atoms. The van der Waals surface area contributed by atoms with Crippen LogP contribution in [0.5, 0.6) is 0 Å². The van der Waals surface area contributed by atoms with Crippen LogP contribution in [0.3, 0.4) is 0 Å². The number of carboxylic acid groups (broad SMARTS) is 1. The Morgan fingerprint density at radius 1 is 1.12 bits per heavy atom. The van der Waals surface area contributed by atoms with E-state index in [9.17, 15) is 9.18 Å². The van der Waals surface area contributed by atoms with E-state index in [0.717, 1.165) is 11.6 Å². The number of benzene rings is 2. The zero-order chi connectivity index (χ0) is 12.3. The summed E-state index contributed by atoms with van der Waals surface area (Å²) in [5.41, 5.74) is 1.64. The third-order valence-electron chi connectivity index (χ3n) is 2.54. The molecule has 0 radical (unpaired) electrons. The SMILES string of the molecule is O=C(O)c1cc(F)ccc1Cc1ccccc1. The molecule has 2 nitrogen and oxygen atoms in total. The van der Waals surface area contributed by atoms with E-state index in [4.69, 9.17) is 5.11 Å². The van der Waals surface area contributed by atoms with Gasteiger partial charge in [-0.1, -0.05) is 36.4 Å². The van der Waals surface area contributed by atoms with E-state index in [-0.39, 0.29) is 5.56 Å². The molecule has 0 unspecified atom stereocenters. The van der Waals surface area contributed by atoms with Gasteiger partial charge in [0, 0.05) is 0 Å². The highest BCUT2D eigenvalue weighted by atomic mass is 19.1. The first-order valence-corrected chi connectivity index (χ1v) is 5.22. The Morgan fingerprint density at radius 2 is 1.82 bits per heavy atom. The second kappa shape index (κ2) is 4.78. The topological polar surface area (TPSA) is 37.3 Å². The summed E-state index contributed by atoms with van der Waals surface area (Å²) in [6.07, 6.45) is 0.489. The lowest BCUT2D eigenvalue weighted by molar-refractivity contribution is 0.0695. The highest BCUT2D eigenvalue weighted by Gasteiger charge is 2.11. The zero-order valence-electron chi connectivity index (χ0n) is 9.06. The molecule has 86 valence electrons. The highest BCUT2D eigenvalue weighted by Crippen LogP contribution is 2.16. The number of rotatable bonds is 3. The standard InChI is InChI=1S/C14H11FO2/c15-12-7-6-11(13(9-12)14(16)17)8-10-4-2-1-3-5-10/h1-7,9H,8H2,(H,16,17). The van der Waals surface area contributed by atoms with Gasteiger partial charge in [0.25, 0.3) is 0 Å². The van der Waals surface area contributed by atoms with Crippen LogP contribution < -0.4 is 0 Å². The Kier molecular flexibility index (Phi) is 3.19. The molecule has 0 atom stereocenters. The molecule has 0 aromatic heterocycles. The lowest BCUT2D eigenvalue weighted by Gasteiger charge is -2.06. The summed E-state index contributed by atoms with van der Waals surface area (Å²) in [5.74, 6) is -1.63. The smallest absolute Gasteiger partial charge is 0.336 e. The molecule has 17 heavy (non-hydrogen) atoms. The number of carbonyl (C=O) groups is 1. The minimum atomic E-state index is -1.10. The summed E-state index contributed by atoms with van der Waals surface area (Å²) in [4.78, 5) is 11.0. The molecule has 0 heterocycles. The fraction of sp³-hybridized carbons (Fsp3) is 0.0714. The average Bonchev–Trinajstić information content (AvgIpc) is 2.32. The zero-order valence-corrected chi connectivity index (χ0v) is 9.06. The third-order valence-corrected chi connectivity index (χ3v) is 2.54. The summed E-state index contributed by atoms with van der Waals surface area (Å²) in [5, 5.41) is 9.00. The molecule has 0 aliphatic heterocycles. The number of halogens is 1. The maximum Gasteiger partial charge on any atom is 0.336 e. The van der Waals surface area contributed by atoms with Gasteiger partial charge in [-0.2, -0.15) is 0 Å². The van der Waals surface area contributed by atoms with Crippen molar-refractivity contribution in [3.8, 4) is 0 Å². The average molecular weight is 230 g/mol. The first-order chi connectivity index (χ1) is 8.16. The fourth-order valence-electron chi connectivity index (χ4n) is 1.72. The molecule has 0 fully saturated rings. The van der Waals surface area contributed by atoms with Gasteiger partial charge in [0.15, 0.2) is 0 Å². The van der Waals surface area contributed by atoms with Gasteiger partial charge in [-0.15, -0.1) is 0 Å². The van der Waals surface area contributed by atoms with E-state index in [2.05, 4.69) is 0 Å². The molecule has 2 aromatic rings. The molecule has 0 saturated carbocycles. The van der Waals surface area contributed by atoms with Crippen molar-refractivity contribution in [3.63, 3.8) is 0 Å². The van der Waals surface area contributed by atoms with Gasteiger partial charge >= 0.3 is 5.97 Å². The van der Waals surface area contributed by atoms with E-state index < -0.39 is 11.8 Å². The van der Waals surface area contributed by atoms with Crippen LogP contribution >= 0.6 is 0 Å². The van der Waals surface area contributed by atoms with Crippen LogP contribution in [0.25, 0.3) is 0 Å². The molecule has 3 heteroatoms. The van der Waals surface area contributed by atoms with Gasteiger partial charge in [-0.05, 0) is 29.7 Å². The molecule has 0 amide bonds. The molecule has 0 aliphatic rings.